The molecule has 0 saturated carbocycles. The van der Waals surface area contributed by atoms with Crippen molar-refractivity contribution in [1.82, 2.24) is 30.4 Å². The van der Waals surface area contributed by atoms with Crippen molar-refractivity contribution >= 4 is 58.3 Å². The van der Waals surface area contributed by atoms with E-state index in [1.165, 1.54) is 56.9 Å². The van der Waals surface area contributed by atoms with E-state index in [1.807, 2.05) is 17.5 Å². The molecule has 1 unspecified atom stereocenters. The number of carbonyl (C=O) groups excluding carboxylic acids is 3. The summed E-state index contributed by atoms with van der Waals surface area (Å²) in [5.74, 6) is -1.06. The average molecular weight is 574 g/mol. The highest BCUT2D eigenvalue weighted by molar-refractivity contribution is 8.06. The third kappa shape index (κ3) is 5.27. The predicted molar refractivity (Wildman–Crippen MR) is 138 cm³/mol. The Labute approximate surface area is 227 Å². The maximum Gasteiger partial charge on any atom is 0.356 e. The van der Waals surface area contributed by atoms with Crippen molar-refractivity contribution in [3.8, 4) is 0 Å². The molecule has 0 spiro atoms. The SMILES string of the molecule is Cn1nnnc1SC1=C(C(=O)OCc2ccc([N+](=O)[O-])cc2)N2C(=O)C(NC(=O)Cc3cccs3)[C@@H]2SC1. The number of nitrogens with zero attached hydrogens (tertiary/aromatic N) is 6. The molecule has 2 amide bonds. The minimum Gasteiger partial charge on any atom is -0.456 e. The van der Waals surface area contributed by atoms with Crippen LogP contribution in [0.5, 0.6) is 0 Å². The van der Waals surface area contributed by atoms with Crippen LogP contribution in [0.1, 0.15) is 10.4 Å². The number of β-lactam (4-membered cyclic amide) rings is 1. The largest absolute Gasteiger partial charge is 0.456 e. The molecule has 5 rings (SSSR count). The molecule has 1 saturated heterocycles. The van der Waals surface area contributed by atoms with E-state index in [4.69, 9.17) is 4.74 Å². The van der Waals surface area contributed by atoms with E-state index in [0.29, 0.717) is 21.4 Å². The summed E-state index contributed by atoms with van der Waals surface area (Å²) in [6, 6.07) is 8.56. The number of carbonyl (C=O) groups is 3. The second kappa shape index (κ2) is 10.9. The van der Waals surface area contributed by atoms with Gasteiger partial charge in [-0.3, -0.25) is 24.6 Å². The Bertz CT molecular complexity index is 1420. The van der Waals surface area contributed by atoms with Gasteiger partial charge in [0.15, 0.2) is 0 Å². The Morgan fingerprint density at radius 2 is 2.08 bits per heavy atom. The molecular weight excluding hydrogens is 554 g/mol. The van der Waals surface area contributed by atoms with E-state index >= 15 is 0 Å². The highest BCUT2D eigenvalue weighted by Gasteiger charge is 2.54. The first-order valence-electron chi connectivity index (χ1n) is 11.1. The highest BCUT2D eigenvalue weighted by atomic mass is 32.2. The normalized spacial score (nSPS) is 18.6. The molecule has 0 bridgehead atoms. The van der Waals surface area contributed by atoms with Crippen LogP contribution in [0.2, 0.25) is 0 Å². The first-order chi connectivity index (χ1) is 18.3. The zero-order chi connectivity index (χ0) is 26.8. The van der Waals surface area contributed by atoms with Gasteiger partial charge in [-0.1, -0.05) is 6.07 Å². The van der Waals surface area contributed by atoms with Crippen LogP contribution in [-0.4, -0.2) is 65.0 Å². The van der Waals surface area contributed by atoms with Crippen molar-refractivity contribution in [3.63, 3.8) is 0 Å². The van der Waals surface area contributed by atoms with Gasteiger partial charge < -0.3 is 10.1 Å². The van der Waals surface area contributed by atoms with Crippen molar-refractivity contribution in [2.24, 2.45) is 7.05 Å². The van der Waals surface area contributed by atoms with Gasteiger partial charge in [-0.2, -0.15) is 0 Å². The molecule has 2 aliphatic rings. The van der Waals surface area contributed by atoms with Crippen LogP contribution in [0.4, 0.5) is 5.69 Å². The molecule has 2 aromatic heterocycles. The summed E-state index contributed by atoms with van der Waals surface area (Å²) >= 11 is 4.02. The van der Waals surface area contributed by atoms with E-state index in [9.17, 15) is 24.5 Å². The van der Waals surface area contributed by atoms with Crippen LogP contribution in [0, 0.1) is 10.1 Å². The van der Waals surface area contributed by atoms with E-state index in [1.54, 1.807) is 7.05 Å². The van der Waals surface area contributed by atoms with Crippen LogP contribution < -0.4 is 5.32 Å². The summed E-state index contributed by atoms with van der Waals surface area (Å²) in [7, 11) is 1.65. The van der Waals surface area contributed by atoms with Gasteiger partial charge in [0.05, 0.1) is 11.3 Å². The van der Waals surface area contributed by atoms with Crippen molar-refractivity contribution in [3.05, 3.63) is 72.9 Å². The summed E-state index contributed by atoms with van der Waals surface area (Å²) in [5, 5.41) is 26.9. The first-order valence-corrected chi connectivity index (χ1v) is 13.9. The van der Waals surface area contributed by atoms with Crippen LogP contribution in [0.15, 0.2) is 57.5 Å². The van der Waals surface area contributed by atoms with Gasteiger partial charge in [0.25, 0.3) is 11.6 Å². The fraction of sp³-hybridized carbons (Fsp3) is 0.273. The predicted octanol–water partition coefficient (Wildman–Crippen LogP) is 1.87. The molecule has 2 aliphatic heterocycles. The maximum atomic E-state index is 13.3. The Kier molecular flexibility index (Phi) is 7.44. The number of benzene rings is 1. The lowest BCUT2D eigenvalue weighted by Crippen LogP contribution is -2.70. The molecule has 1 fully saturated rings. The smallest absolute Gasteiger partial charge is 0.356 e. The van der Waals surface area contributed by atoms with Gasteiger partial charge in [-0.05, 0) is 51.3 Å². The zero-order valence-electron chi connectivity index (χ0n) is 19.7. The third-order valence-corrected chi connectivity index (χ3v) is 9.12. The number of aryl methyl sites for hydroxylation is 1. The number of amides is 2. The Morgan fingerprint density at radius 1 is 1.29 bits per heavy atom. The minimum absolute atomic E-state index is 0.0671. The number of hydrogen-bond donors (Lipinski definition) is 1. The minimum atomic E-state index is -0.770. The number of fused-ring (bicyclic) bond motifs is 1. The number of thioether (sulfide) groups is 2. The van der Waals surface area contributed by atoms with Gasteiger partial charge >= 0.3 is 5.97 Å². The molecular formula is C22H19N7O6S3. The number of esters is 1. The summed E-state index contributed by atoms with van der Waals surface area (Å²) in [6.07, 6.45) is 0.166. The molecule has 1 N–H and O–H groups in total. The molecule has 16 heteroatoms. The number of nitrogens with one attached hydrogen (secondary N) is 1. The van der Waals surface area contributed by atoms with Crippen LogP contribution in [0.3, 0.4) is 0 Å². The van der Waals surface area contributed by atoms with Crippen molar-refractivity contribution in [2.75, 3.05) is 5.75 Å². The number of rotatable bonds is 9. The molecule has 0 radical (unpaired) electrons. The van der Waals surface area contributed by atoms with Crippen molar-refractivity contribution in [2.45, 2.75) is 29.6 Å². The number of nitro benzene ring substituents is 1. The number of ether oxygens (including phenoxy) is 1. The first kappa shape index (κ1) is 25.9. The third-order valence-electron chi connectivity index (χ3n) is 5.67. The number of nitro groups is 1. The lowest BCUT2D eigenvalue weighted by molar-refractivity contribution is -0.384. The van der Waals surface area contributed by atoms with Gasteiger partial charge in [0.2, 0.25) is 11.1 Å². The summed E-state index contributed by atoms with van der Waals surface area (Å²) < 4.78 is 6.95. The van der Waals surface area contributed by atoms with Crippen LogP contribution in [-0.2, 0) is 39.2 Å². The molecule has 3 aromatic rings. The van der Waals surface area contributed by atoms with E-state index in [0.717, 1.165) is 16.6 Å². The summed E-state index contributed by atoms with van der Waals surface area (Å²) in [4.78, 5) is 52.1. The number of aromatic nitrogens is 4. The molecule has 1 aromatic carbocycles. The molecule has 4 heterocycles. The quantitative estimate of drug-likeness (QED) is 0.172. The van der Waals surface area contributed by atoms with E-state index < -0.39 is 28.2 Å². The standard InChI is InChI=1S/C22H19N7O6S3/c1-27-22(24-25-26-27)38-15-11-37-20-17(23-16(30)9-14-3-2-8-36-14)19(31)28(20)18(15)21(32)35-10-12-4-6-13(7-5-12)29(33)34/h2-8,17,20H,9-11H2,1H3,(H,23,30)/t17?,20-/m0/s1. The molecule has 13 nitrogen and oxygen atoms in total. The number of hydrogen-bond acceptors (Lipinski definition) is 12. The fourth-order valence-electron chi connectivity index (χ4n) is 3.80. The highest BCUT2D eigenvalue weighted by Crippen LogP contribution is 2.45. The number of non-ortho nitro benzene ring substituents is 1. The number of thiophene rings is 1. The summed E-state index contributed by atoms with van der Waals surface area (Å²) in [5.41, 5.74) is 0.535. The second-order valence-electron chi connectivity index (χ2n) is 8.17. The Balaban J connectivity index is 1.33. The Hall–Kier alpha value is -3.76. The van der Waals surface area contributed by atoms with E-state index in [-0.39, 0.29) is 30.3 Å². The zero-order valence-corrected chi connectivity index (χ0v) is 22.1. The Morgan fingerprint density at radius 3 is 2.74 bits per heavy atom. The van der Waals surface area contributed by atoms with Crippen molar-refractivity contribution in [1.29, 1.82) is 0 Å². The topological polar surface area (TPSA) is 162 Å². The molecule has 196 valence electrons. The van der Waals surface area contributed by atoms with Gasteiger partial charge in [0, 0.05) is 34.7 Å². The molecule has 0 aliphatic carbocycles. The van der Waals surface area contributed by atoms with Crippen LogP contribution in [0.25, 0.3) is 0 Å². The van der Waals surface area contributed by atoms with Gasteiger partial charge in [-0.25, -0.2) is 9.48 Å². The second-order valence-corrected chi connectivity index (χ2v) is 11.4. The molecule has 38 heavy (non-hydrogen) atoms. The van der Waals surface area contributed by atoms with Gasteiger partial charge in [0.1, 0.15) is 23.7 Å². The fourth-order valence-corrected chi connectivity index (χ4v) is 6.89. The monoisotopic (exact) mass is 573 g/mol. The average Bonchev–Trinajstić information content (AvgIpc) is 3.57. The summed E-state index contributed by atoms with van der Waals surface area (Å²) in [6.45, 7) is -0.148. The number of tetrazole rings is 1. The van der Waals surface area contributed by atoms with E-state index in [2.05, 4.69) is 20.8 Å². The lowest BCUT2D eigenvalue weighted by atomic mass is 10.0. The van der Waals surface area contributed by atoms with Crippen LogP contribution >= 0.6 is 34.9 Å². The van der Waals surface area contributed by atoms with Gasteiger partial charge in [-0.15, -0.1) is 28.2 Å². The van der Waals surface area contributed by atoms with Crippen molar-refractivity contribution < 1.29 is 24.0 Å². The molecule has 2 atom stereocenters. The maximum absolute atomic E-state index is 13.3. The lowest BCUT2D eigenvalue weighted by Gasteiger charge is -2.49.